The zero-order valence-corrected chi connectivity index (χ0v) is 8.37. The number of hydrogen-bond donors (Lipinski definition) is 0. The molecule has 14 heavy (non-hydrogen) atoms. The molecule has 2 heteroatoms. The Hall–Kier alpha value is -0.920. The Morgan fingerprint density at radius 1 is 1.07 bits per heavy atom. The zero-order valence-electron chi connectivity index (χ0n) is 8.37. The SMILES string of the molecule is O=C1CCCC(=O)C1C1C=CCCC1. The Balaban J connectivity index is 2.13. The molecule has 0 aromatic heterocycles. The van der Waals surface area contributed by atoms with Crippen molar-refractivity contribution in [2.24, 2.45) is 11.8 Å². The van der Waals surface area contributed by atoms with E-state index in [1.165, 1.54) is 0 Å². The van der Waals surface area contributed by atoms with E-state index in [1.54, 1.807) is 0 Å². The van der Waals surface area contributed by atoms with Gasteiger partial charge in [-0.15, -0.1) is 0 Å². The molecule has 76 valence electrons. The number of ketones is 2. The first-order chi connectivity index (χ1) is 6.79. The van der Waals surface area contributed by atoms with Crippen molar-refractivity contribution in [3.05, 3.63) is 12.2 Å². The highest BCUT2D eigenvalue weighted by Gasteiger charge is 2.35. The summed E-state index contributed by atoms with van der Waals surface area (Å²) in [5.74, 6) is 0.278. The second-order valence-electron chi connectivity index (χ2n) is 4.29. The predicted octanol–water partition coefficient (Wildman–Crippen LogP) is 2.28. The summed E-state index contributed by atoms with van der Waals surface area (Å²) in [6, 6.07) is 0. The van der Waals surface area contributed by atoms with Crippen LogP contribution in [0.4, 0.5) is 0 Å². The molecule has 1 saturated carbocycles. The molecule has 2 aliphatic rings. The van der Waals surface area contributed by atoms with Crippen molar-refractivity contribution < 1.29 is 9.59 Å². The zero-order chi connectivity index (χ0) is 9.97. The molecule has 0 heterocycles. The Morgan fingerprint density at radius 3 is 2.36 bits per heavy atom. The van der Waals surface area contributed by atoms with Gasteiger partial charge in [0.2, 0.25) is 0 Å². The van der Waals surface area contributed by atoms with Gasteiger partial charge in [0, 0.05) is 12.8 Å². The summed E-state index contributed by atoms with van der Waals surface area (Å²) in [6.45, 7) is 0. The first-order valence-corrected chi connectivity index (χ1v) is 5.51. The van der Waals surface area contributed by atoms with Crippen molar-refractivity contribution in [1.29, 1.82) is 0 Å². The lowest BCUT2D eigenvalue weighted by atomic mass is 9.74. The predicted molar refractivity (Wildman–Crippen MR) is 53.8 cm³/mol. The van der Waals surface area contributed by atoms with Gasteiger partial charge in [-0.1, -0.05) is 12.2 Å². The minimum Gasteiger partial charge on any atom is -0.299 e. The average molecular weight is 192 g/mol. The van der Waals surface area contributed by atoms with E-state index in [2.05, 4.69) is 12.2 Å². The third-order valence-electron chi connectivity index (χ3n) is 3.26. The van der Waals surface area contributed by atoms with Crippen LogP contribution in [-0.2, 0) is 9.59 Å². The van der Waals surface area contributed by atoms with Crippen LogP contribution in [0.15, 0.2) is 12.2 Å². The maximum absolute atomic E-state index is 11.6. The lowest BCUT2D eigenvalue weighted by Gasteiger charge is -2.27. The topological polar surface area (TPSA) is 34.1 Å². The molecule has 0 saturated heterocycles. The smallest absolute Gasteiger partial charge is 0.143 e. The van der Waals surface area contributed by atoms with Crippen molar-refractivity contribution >= 4 is 11.6 Å². The average Bonchev–Trinajstić information content (AvgIpc) is 2.19. The van der Waals surface area contributed by atoms with Crippen LogP contribution in [0.5, 0.6) is 0 Å². The van der Waals surface area contributed by atoms with Crippen LogP contribution in [0.1, 0.15) is 38.5 Å². The Morgan fingerprint density at radius 2 is 1.79 bits per heavy atom. The standard InChI is InChI=1S/C12H16O2/c13-10-7-4-8-11(14)12(10)9-5-2-1-3-6-9/h2,5,9,12H,1,3-4,6-8H2. The molecule has 0 bridgehead atoms. The quantitative estimate of drug-likeness (QED) is 0.472. The minimum atomic E-state index is -0.291. The Bertz CT molecular complexity index is 262. The highest BCUT2D eigenvalue weighted by atomic mass is 16.2. The fraction of sp³-hybridized carbons (Fsp3) is 0.667. The van der Waals surface area contributed by atoms with Gasteiger partial charge >= 0.3 is 0 Å². The van der Waals surface area contributed by atoms with E-state index in [0.29, 0.717) is 12.8 Å². The monoisotopic (exact) mass is 192 g/mol. The van der Waals surface area contributed by atoms with Crippen molar-refractivity contribution in [3.8, 4) is 0 Å². The van der Waals surface area contributed by atoms with Crippen LogP contribution < -0.4 is 0 Å². The molecule has 1 atom stereocenters. The highest BCUT2D eigenvalue weighted by molar-refractivity contribution is 6.04. The van der Waals surface area contributed by atoms with Gasteiger partial charge in [0.1, 0.15) is 11.6 Å². The molecule has 0 amide bonds. The molecule has 0 aromatic carbocycles. The number of rotatable bonds is 1. The van der Waals surface area contributed by atoms with Gasteiger partial charge in [-0.3, -0.25) is 9.59 Å². The van der Waals surface area contributed by atoms with Gasteiger partial charge in [0.05, 0.1) is 5.92 Å². The van der Waals surface area contributed by atoms with Gasteiger partial charge < -0.3 is 0 Å². The van der Waals surface area contributed by atoms with Crippen molar-refractivity contribution in [3.63, 3.8) is 0 Å². The van der Waals surface area contributed by atoms with Gasteiger partial charge in [0.15, 0.2) is 0 Å². The molecule has 0 aromatic rings. The summed E-state index contributed by atoms with van der Waals surface area (Å²) in [4.78, 5) is 23.3. The summed E-state index contributed by atoms with van der Waals surface area (Å²) in [5, 5.41) is 0. The summed E-state index contributed by atoms with van der Waals surface area (Å²) in [5.41, 5.74) is 0. The van der Waals surface area contributed by atoms with E-state index in [-0.39, 0.29) is 23.4 Å². The van der Waals surface area contributed by atoms with E-state index in [1.807, 2.05) is 0 Å². The van der Waals surface area contributed by atoms with E-state index in [9.17, 15) is 9.59 Å². The first-order valence-electron chi connectivity index (χ1n) is 5.51. The first kappa shape index (κ1) is 9.63. The number of allylic oxidation sites excluding steroid dienone is 2. The molecule has 0 aliphatic heterocycles. The summed E-state index contributed by atoms with van der Waals surface area (Å²) < 4.78 is 0. The largest absolute Gasteiger partial charge is 0.299 e. The summed E-state index contributed by atoms with van der Waals surface area (Å²) >= 11 is 0. The van der Waals surface area contributed by atoms with Crippen LogP contribution in [0.3, 0.4) is 0 Å². The van der Waals surface area contributed by atoms with E-state index < -0.39 is 0 Å². The molecular weight excluding hydrogens is 176 g/mol. The van der Waals surface area contributed by atoms with Crippen molar-refractivity contribution in [2.75, 3.05) is 0 Å². The molecule has 2 rings (SSSR count). The van der Waals surface area contributed by atoms with Crippen LogP contribution in [0.25, 0.3) is 0 Å². The van der Waals surface area contributed by atoms with Crippen molar-refractivity contribution in [1.82, 2.24) is 0 Å². The molecule has 1 unspecified atom stereocenters. The van der Waals surface area contributed by atoms with Gasteiger partial charge in [0.25, 0.3) is 0 Å². The van der Waals surface area contributed by atoms with E-state index in [0.717, 1.165) is 25.7 Å². The van der Waals surface area contributed by atoms with Crippen molar-refractivity contribution in [2.45, 2.75) is 38.5 Å². The van der Waals surface area contributed by atoms with Gasteiger partial charge in [-0.2, -0.15) is 0 Å². The maximum atomic E-state index is 11.6. The maximum Gasteiger partial charge on any atom is 0.143 e. The van der Waals surface area contributed by atoms with Gasteiger partial charge in [-0.05, 0) is 31.6 Å². The number of hydrogen-bond acceptors (Lipinski definition) is 2. The molecular formula is C12H16O2. The number of carbonyl (C=O) groups is 2. The lowest BCUT2D eigenvalue weighted by Crippen LogP contribution is -2.34. The molecule has 0 radical (unpaired) electrons. The molecule has 0 N–H and O–H groups in total. The van der Waals surface area contributed by atoms with E-state index in [4.69, 9.17) is 0 Å². The Kier molecular flexibility index (Phi) is 2.80. The second-order valence-corrected chi connectivity index (χ2v) is 4.29. The van der Waals surface area contributed by atoms with Crippen LogP contribution in [-0.4, -0.2) is 11.6 Å². The fourth-order valence-corrected chi connectivity index (χ4v) is 2.52. The third-order valence-corrected chi connectivity index (χ3v) is 3.26. The highest BCUT2D eigenvalue weighted by Crippen LogP contribution is 2.31. The summed E-state index contributed by atoms with van der Waals surface area (Å²) in [6.07, 6.45) is 9.42. The van der Waals surface area contributed by atoms with Crippen LogP contribution in [0.2, 0.25) is 0 Å². The Labute approximate surface area is 84.4 Å². The van der Waals surface area contributed by atoms with Gasteiger partial charge in [-0.25, -0.2) is 0 Å². The minimum absolute atomic E-state index is 0.179. The normalized spacial score (nSPS) is 29.6. The number of Topliss-reactive ketones (excluding diaryl/α,β-unsaturated/α-hetero) is 2. The molecule has 1 fully saturated rings. The lowest BCUT2D eigenvalue weighted by molar-refractivity contribution is -0.137. The number of carbonyl (C=O) groups excluding carboxylic acids is 2. The third kappa shape index (κ3) is 1.79. The van der Waals surface area contributed by atoms with E-state index >= 15 is 0 Å². The molecule has 2 nitrogen and oxygen atoms in total. The fourth-order valence-electron chi connectivity index (χ4n) is 2.52. The van der Waals surface area contributed by atoms with Crippen LogP contribution >= 0.6 is 0 Å². The molecule has 2 aliphatic carbocycles. The van der Waals surface area contributed by atoms with Crippen LogP contribution in [0, 0.1) is 11.8 Å². The molecule has 0 spiro atoms. The summed E-state index contributed by atoms with van der Waals surface area (Å²) in [7, 11) is 0. The second kappa shape index (κ2) is 4.07.